The first-order chi connectivity index (χ1) is 7.07. The van der Waals surface area contributed by atoms with Crippen molar-refractivity contribution in [1.82, 2.24) is 9.78 Å². The van der Waals surface area contributed by atoms with Crippen molar-refractivity contribution in [3.8, 4) is 0 Å². The Bertz CT molecular complexity index is 403. The Labute approximate surface area is 96.8 Å². The summed E-state index contributed by atoms with van der Waals surface area (Å²) in [4.78, 5) is 0. The highest BCUT2D eigenvalue weighted by atomic mass is 79.9. The van der Waals surface area contributed by atoms with Crippen LogP contribution in [0.1, 0.15) is 0 Å². The summed E-state index contributed by atoms with van der Waals surface area (Å²) in [5, 5.41) is 3.97. The molecule has 1 rings (SSSR count). The standard InChI is InChI=1S/C7H12BrN3O3S/c1-14-3-2-11-5-7(4-9-11)10-15(12,13)6-8/h4-5,10H,2-3,6H2,1H3. The van der Waals surface area contributed by atoms with Crippen LogP contribution in [0.5, 0.6) is 0 Å². The van der Waals surface area contributed by atoms with Gasteiger partial charge in [-0.3, -0.25) is 9.40 Å². The van der Waals surface area contributed by atoms with E-state index in [1.165, 1.54) is 6.20 Å². The van der Waals surface area contributed by atoms with E-state index in [2.05, 4.69) is 25.8 Å². The number of hydrogen-bond donors (Lipinski definition) is 1. The molecule has 1 aromatic rings. The van der Waals surface area contributed by atoms with Crippen molar-refractivity contribution in [3.63, 3.8) is 0 Å². The molecule has 0 spiro atoms. The van der Waals surface area contributed by atoms with Gasteiger partial charge >= 0.3 is 0 Å². The summed E-state index contributed by atoms with van der Waals surface area (Å²) in [6.07, 6.45) is 3.06. The molecule has 0 radical (unpaired) electrons. The zero-order chi connectivity index (χ0) is 11.3. The fourth-order valence-corrected chi connectivity index (χ4v) is 1.79. The van der Waals surface area contributed by atoms with Gasteiger partial charge in [0.05, 0.1) is 25.0 Å². The molecule has 15 heavy (non-hydrogen) atoms. The van der Waals surface area contributed by atoms with E-state index in [0.717, 1.165) is 0 Å². The Morgan fingerprint density at radius 2 is 2.40 bits per heavy atom. The van der Waals surface area contributed by atoms with E-state index < -0.39 is 10.0 Å². The smallest absolute Gasteiger partial charge is 0.242 e. The second kappa shape index (κ2) is 5.47. The molecule has 0 aliphatic heterocycles. The highest BCUT2D eigenvalue weighted by molar-refractivity contribution is 9.10. The number of rotatable bonds is 6. The van der Waals surface area contributed by atoms with E-state index in [1.54, 1.807) is 18.0 Å². The van der Waals surface area contributed by atoms with Gasteiger partial charge in [0, 0.05) is 13.3 Å². The summed E-state index contributed by atoms with van der Waals surface area (Å²) < 4.78 is 31.1. The summed E-state index contributed by atoms with van der Waals surface area (Å²) >= 11 is 2.88. The Kier molecular flexibility index (Phi) is 4.55. The maximum absolute atomic E-state index is 11.2. The van der Waals surface area contributed by atoms with Crippen molar-refractivity contribution in [3.05, 3.63) is 12.4 Å². The first-order valence-electron chi connectivity index (χ1n) is 4.15. The van der Waals surface area contributed by atoms with Crippen LogP contribution in [-0.4, -0.2) is 36.6 Å². The molecule has 0 atom stereocenters. The summed E-state index contributed by atoms with van der Waals surface area (Å²) in [7, 11) is -1.70. The van der Waals surface area contributed by atoms with Crippen LogP contribution in [0.2, 0.25) is 0 Å². The zero-order valence-corrected chi connectivity index (χ0v) is 10.6. The Hall–Kier alpha value is -0.600. The monoisotopic (exact) mass is 297 g/mol. The van der Waals surface area contributed by atoms with Gasteiger partial charge in [0.25, 0.3) is 0 Å². The van der Waals surface area contributed by atoms with Gasteiger partial charge in [-0.1, -0.05) is 15.9 Å². The molecular weight excluding hydrogens is 286 g/mol. The molecule has 0 unspecified atom stereocenters. The molecule has 1 heterocycles. The molecular formula is C7H12BrN3O3S. The van der Waals surface area contributed by atoms with Crippen LogP contribution in [-0.2, 0) is 21.3 Å². The van der Waals surface area contributed by atoms with Crippen LogP contribution in [0.4, 0.5) is 5.69 Å². The Morgan fingerprint density at radius 3 is 3.00 bits per heavy atom. The lowest BCUT2D eigenvalue weighted by molar-refractivity contribution is 0.183. The highest BCUT2D eigenvalue weighted by Crippen LogP contribution is 2.08. The van der Waals surface area contributed by atoms with Crippen LogP contribution in [0.15, 0.2) is 12.4 Å². The summed E-state index contributed by atoms with van der Waals surface area (Å²) in [5.41, 5.74) is 0.450. The predicted molar refractivity (Wildman–Crippen MR) is 60.4 cm³/mol. The maximum Gasteiger partial charge on any atom is 0.242 e. The second-order valence-electron chi connectivity index (χ2n) is 2.81. The van der Waals surface area contributed by atoms with E-state index in [4.69, 9.17) is 4.74 Å². The molecule has 8 heteroatoms. The third-order valence-corrected chi connectivity index (χ3v) is 4.22. The molecule has 0 aromatic carbocycles. The number of nitrogens with zero attached hydrogens (tertiary/aromatic N) is 2. The molecule has 0 aliphatic rings. The molecule has 6 nitrogen and oxygen atoms in total. The van der Waals surface area contributed by atoms with Gasteiger partial charge < -0.3 is 4.74 Å². The van der Waals surface area contributed by atoms with Gasteiger partial charge in [-0.25, -0.2) is 8.42 Å². The average molecular weight is 298 g/mol. The first kappa shape index (κ1) is 12.5. The number of anilines is 1. The van der Waals surface area contributed by atoms with Crippen LogP contribution in [0.25, 0.3) is 0 Å². The number of sulfonamides is 1. The molecule has 1 N–H and O–H groups in total. The highest BCUT2D eigenvalue weighted by Gasteiger charge is 2.08. The molecule has 0 fully saturated rings. The molecule has 0 aliphatic carbocycles. The molecule has 86 valence electrons. The minimum Gasteiger partial charge on any atom is -0.383 e. The lowest BCUT2D eigenvalue weighted by Gasteiger charge is -2.01. The second-order valence-corrected chi connectivity index (χ2v) is 5.84. The molecule has 0 bridgehead atoms. The number of ether oxygens (including phenoxy) is 1. The van der Waals surface area contributed by atoms with Crippen LogP contribution in [0, 0.1) is 0 Å². The largest absolute Gasteiger partial charge is 0.383 e. The van der Waals surface area contributed by atoms with E-state index in [0.29, 0.717) is 18.8 Å². The average Bonchev–Trinajstić information content (AvgIpc) is 2.62. The van der Waals surface area contributed by atoms with Crippen LogP contribution < -0.4 is 4.72 Å². The molecule has 0 saturated carbocycles. The van der Waals surface area contributed by atoms with Crippen molar-refractivity contribution in [2.75, 3.05) is 23.1 Å². The normalized spacial score (nSPS) is 11.6. The third kappa shape index (κ3) is 4.18. The number of alkyl halides is 1. The first-order valence-corrected chi connectivity index (χ1v) is 6.92. The van der Waals surface area contributed by atoms with Gasteiger partial charge in [0.1, 0.15) is 4.66 Å². The SMILES string of the molecule is COCCn1cc(NS(=O)(=O)CBr)cn1. The fraction of sp³-hybridized carbons (Fsp3) is 0.571. The van der Waals surface area contributed by atoms with Crippen molar-refractivity contribution < 1.29 is 13.2 Å². The van der Waals surface area contributed by atoms with Crippen LogP contribution >= 0.6 is 15.9 Å². The molecule has 1 aromatic heterocycles. The number of aromatic nitrogens is 2. The number of methoxy groups -OCH3 is 1. The fourth-order valence-electron chi connectivity index (χ4n) is 0.930. The molecule has 0 amide bonds. The van der Waals surface area contributed by atoms with Crippen molar-refractivity contribution in [2.45, 2.75) is 6.54 Å². The maximum atomic E-state index is 11.2. The van der Waals surface area contributed by atoms with Crippen LogP contribution in [0.3, 0.4) is 0 Å². The van der Waals surface area contributed by atoms with Crippen molar-refractivity contribution in [1.29, 1.82) is 0 Å². The Balaban J connectivity index is 2.60. The lowest BCUT2D eigenvalue weighted by atomic mass is 10.6. The zero-order valence-electron chi connectivity index (χ0n) is 8.18. The number of halogens is 1. The van der Waals surface area contributed by atoms with Gasteiger partial charge in [-0.05, 0) is 0 Å². The van der Waals surface area contributed by atoms with E-state index in [9.17, 15) is 8.42 Å². The van der Waals surface area contributed by atoms with Gasteiger partial charge in [-0.15, -0.1) is 0 Å². The van der Waals surface area contributed by atoms with Crippen molar-refractivity contribution >= 4 is 31.6 Å². The van der Waals surface area contributed by atoms with Gasteiger partial charge in [0.15, 0.2) is 0 Å². The summed E-state index contributed by atoms with van der Waals surface area (Å²) in [6.45, 7) is 1.12. The topological polar surface area (TPSA) is 73.2 Å². The molecule has 0 saturated heterocycles. The minimum absolute atomic E-state index is 0.136. The summed E-state index contributed by atoms with van der Waals surface area (Å²) in [5.74, 6) is 0. The van der Waals surface area contributed by atoms with E-state index in [-0.39, 0.29) is 4.66 Å². The predicted octanol–water partition coefficient (Wildman–Crippen LogP) is 0.624. The van der Waals surface area contributed by atoms with Gasteiger partial charge in [-0.2, -0.15) is 5.10 Å². The number of nitrogens with one attached hydrogen (secondary N) is 1. The number of hydrogen-bond acceptors (Lipinski definition) is 4. The van der Waals surface area contributed by atoms with Gasteiger partial charge in [0.2, 0.25) is 10.0 Å². The third-order valence-electron chi connectivity index (χ3n) is 1.57. The summed E-state index contributed by atoms with van der Waals surface area (Å²) in [6, 6.07) is 0. The quantitative estimate of drug-likeness (QED) is 0.782. The lowest BCUT2D eigenvalue weighted by Crippen LogP contribution is -2.12. The van der Waals surface area contributed by atoms with E-state index in [1.807, 2.05) is 0 Å². The minimum atomic E-state index is -3.30. The Morgan fingerprint density at radius 1 is 1.67 bits per heavy atom. The van der Waals surface area contributed by atoms with E-state index >= 15 is 0 Å². The van der Waals surface area contributed by atoms with Crippen molar-refractivity contribution in [2.24, 2.45) is 0 Å².